The van der Waals surface area contributed by atoms with Gasteiger partial charge in [0.1, 0.15) is 0 Å². The van der Waals surface area contributed by atoms with Crippen LogP contribution in [0.1, 0.15) is 1.43 Å². The fourth-order valence-electron chi connectivity index (χ4n) is 0. The molecule has 0 rings (SSSR count). The van der Waals surface area contributed by atoms with Gasteiger partial charge in [-0.1, -0.05) is 0 Å². The lowest BCUT2D eigenvalue weighted by molar-refractivity contribution is -0.0000218. The highest BCUT2D eigenvalue weighted by atomic mass is 79.9. The zero-order valence-electron chi connectivity index (χ0n) is 8.78. The van der Waals surface area contributed by atoms with Crippen molar-refractivity contribution in [3.63, 3.8) is 0 Å². The van der Waals surface area contributed by atoms with Gasteiger partial charge in [0.2, 0.25) is 0 Å². The molecule has 0 saturated heterocycles. The summed E-state index contributed by atoms with van der Waals surface area (Å²) < 4.78 is 40.4. The molecule has 0 heterocycles. The third kappa shape index (κ3) is 165000. The summed E-state index contributed by atoms with van der Waals surface area (Å²) in [5.41, 5.74) is 0. The molecular formula is H9B4BrF4O8. The van der Waals surface area contributed by atoms with Gasteiger partial charge in [-0.3, -0.25) is 17.3 Å². The summed E-state index contributed by atoms with van der Waals surface area (Å²) in [5, 5.41) is 55.6. The van der Waals surface area contributed by atoms with Gasteiger partial charge in [0, 0.05) is 0 Å². The Balaban J connectivity index is -0.0000000257. The maximum absolute atomic E-state index is 10.1. The van der Waals surface area contributed by atoms with Gasteiger partial charge < -0.3 is 57.2 Å². The third-order valence-electron chi connectivity index (χ3n) is 0. The zero-order chi connectivity index (χ0) is 14.3. The SMILES string of the molecule is OB(O)F.OB(O)F.OB(O)F.OB(O)F.[Br-].[H+]. The molecule has 17 heavy (non-hydrogen) atoms. The van der Waals surface area contributed by atoms with Crippen molar-refractivity contribution in [3.8, 4) is 0 Å². The minimum atomic E-state index is -2.67. The van der Waals surface area contributed by atoms with Crippen LogP contribution in [0.5, 0.6) is 0 Å². The number of halogens is 5. The standard InChI is InChI=1S/4BFH2O2.BrH/c4*2-1(3)4;/h4*3-4H;1H. The lowest BCUT2D eigenvalue weighted by Crippen LogP contribution is -3.00. The predicted octanol–water partition coefficient (Wildman–Crippen LogP) is -7.18. The number of hydrogen-bond donors (Lipinski definition) is 8. The lowest BCUT2D eigenvalue weighted by atomic mass is 10.3. The van der Waals surface area contributed by atoms with Crippen molar-refractivity contribution in [1.82, 2.24) is 0 Å². The molecule has 0 aliphatic rings. The highest BCUT2D eigenvalue weighted by Gasteiger charge is 1.98. The topological polar surface area (TPSA) is 162 Å². The molecule has 0 aromatic rings. The molecule has 8 nitrogen and oxygen atoms in total. The first-order valence-corrected chi connectivity index (χ1v) is 2.94. The quantitative estimate of drug-likeness (QED) is 0.160. The molecule has 0 spiro atoms. The van der Waals surface area contributed by atoms with Crippen molar-refractivity contribution in [1.29, 1.82) is 0 Å². The van der Waals surface area contributed by atoms with E-state index in [9.17, 15) is 17.3 Å². The van der Waals surface area contributed by atoms with Gasteiger partial charge in [-0.15, -0.1) is 0 Å². The van der Waals surface area contributed by atoms with E-state index in [0.29, 0.717) is 0 Å². The van der Waals surface area contributed by atoms with Crippen molar-refractivity contribution in [2.24, 2.45) is 0 Å². The monoisotopic (exact) mass is 336 g/mol. The molecule has 0 aliphatic heterocycles. The van der Waals surface area contributed by atoms with Crippen LogP contribution in [0.2, 0.25) is 0 Å². The Kier molecular flexibility index (Phi) is 44.7. The Labute approximate surface area is 106 Å². The van der Waals surface area contributed by atoms with Gasteiger partial charge in [0.05, 0.1) is 0 Å². The fourth-order valence-corrected chi connectivity index (χ4v) is 0. The predicted molar refractivity (Wildman–Crippen MR) is 46.3 cm³/mol. The highest BCUT2D eigenvalue weighted by molar-refractivity contribution is 6.32. The molecule has 0 radical (unpaired) electrons. The Bertz CT molecular complexity index is 78.1. The van der Waals surface area contributed by atoms with Gasteiger partial charge in [-0.05, 0) is 0 Å². The van der Waals surface area contributed by atoms with E-state index in [1.807, 2.05) is 0 Å². The Morgan fingerprint density at radius 1 is 0.471 bits per heavy atom. The molecule has 104 valence electrons. The summed E-state index contributed by atoms with van der Waals surface area (Å²) in [6.45, 7) is 0. The summed E-state index contributed by atoms with van der Waals surface area (Å²) in [6, 6.07) is 0. The molecule has 0 amide bonds. The summed E-state index contributed by atoms with van der Waals surface area (Å²) in [5.74, 6) is 0. The summed E-state index contributed by atoms with van der Waals surface area (Å²) >= 11 is 0. The molecule has 8 N–H and O–H groups in total. The van der Waals surface area contributed by atoms with E-state index >= 15 is 0 Å². The van der Waals surface area contributed by atoms with Gasteiger partial charge in [-0.25, -0.2) is 0 Å². The maximum atomic E-state index is 10.1. The van der Waals surface area contributed by atoms with Gasteiger partial charge in [0.15, 0.2) is 0 Å². The van der Waals surface area contributed by atoms with Crippen LogP contribution in [0, 0.1) is 0 Å². The van der Waals surface area contributed by atoms with E-state index < -0.39 is 29.6 Å². The number of hydrogen-bond acceptors (Lipinski definition) is 8. The van der Waals surface area contributed by atoms with Crippen LogP contribution in [-0.2, 0) is 0 Å². The first kappa shape index (κ1) is 30.3. The van der Waals surface area contributed by atoms with Crippen LogP contribution in [-0.4, -0.2) is 69.8 Å². The fraction of sp³-hybridized carbons (Fsp3) is 0. The van der Waals surface area contributed by atoms with Gasteiger partial charge in [-0.2, -0.15) is 0 Å². The largest absolute Gasteiger partial charge is 1.00 e. The van der Waals surface area contributed by atoms with Gasteiger partial charge >= 0.3 is 31.0 Å². The van der Waals surface area contributed by atoms with E-state index in [2.05, 4.69) is 0 Å². The summed E-state index contributed by atoms with van der Waals surface area (Å²) in [6.07, 6.45) is 0. The maximum Gasteiger partial charge on any atom is 1.00 e. The van der Waals surface area contributed by atoms with Crippen LogP contribution in [0.15, 0.2) is 0 Å². The van der Waals surface area contributed by atoms with Crippen molar-refractivity contribution in [2.45, 2.75) is 0 Å². The highest BCUT2D eigenvalue weighted by Crippen LogP contribution is 1.58. The van der Waals surface area contributed by atoms with Crippen molar-refractivity contribution >= 4 is 29.6 Å². The van der Waals surface area contributed by atoms with E-state index in [-0.39, 0.29) is 18.4 Å². The average Bonchev–Trinajstić information content (AvgIpc) is 1.76. The molecule has 0 aromatic heterocycles. The Morgan fingerprint density at radius 2 is 0.471 bits per heavy atom. The smallest absolute Gasteiger partial charge is 1.00 e. The Morgan fingerprint density at radius 3 is 0.471 bits per heavy atom. The molecule has 0 bridgehead atoms. The van der Waals surface area contributed by atoms with Crippen LogP contribution in [0.4, 0.5) is 17.3 Å². The lowest BCUT2D eigenvalue weighted by Gasteiger charge is -1.65. The molecule has 0 saturated carbocycles. The van der Waals surface area contributed by atoms with E-state index in [1.165, 1.54) is 0 Å². The minimum absolute atomic E-state index is 0. The first-order chi connectivity index (χ1) is 6.93. The first-order valence-electron chi connectivity index (χ1n) is 2.94. The molecule has 0 aliphatic carbocycles. The number of rotatable bonds is 0. The van der Waals surface area contributed by atoms with Gasteiger partial charge in [0.25, 0.3) is 0 Å². The third-order valence-corrected chi connectivity index (χ3v) is 0. The van der Waals surface area contributed by atoms with E-state index in [0.717, 1.165) is 0 Å². The molecule has 0 fully saturated rings. The van der Waals surface area contributed by atoms with Crippen LogP contribution < -0.4 is 17.0 Å². The zero-order valence-corrected chi connectivity index (χ0v) is 9.36. The average molecular weight is 336 g/mol. The normalized spacial score (nSPS) is 6.35. The van der Waals surface area contributed by atoms with Crippen LogP contribution >= 0.6 is 0 Å². The molecular weight excluding hydrogens is 327 g/mol. The van der Waals surface area contributed by atoms with Crippen LogP contribution in [0.25, 0.3) is 0 Å². The molecule has 0 atom stereocenters. The summed E-state index contributed by atoms with van der Waals surface area (Å²) in [7, 11) is -10.7. The minimum Gasteiger partial charge on any atom is -1.00 e. The molecule has 17 heteroatoms. The second kappa shape index (κ2) is 25.1. The van der Waals surface area contributed by atoms with Crippen molar-refractivity contribution in [2.75, 3.05) is 0 Å². The Hall–Kier alpha value is 0.140. The molecule has 0 aromatic carbocycles. The summed E-state index contributed by atoms with van der Waals surface area (Å²) in [4.78, 5) is 0. The second-order valence-electron chi connectivity index (χ2n) is 1.24. The van der Waals surface area contributed by atoms with E-state index in [1.54, 1.807) is 0 Å². The second-order valence-corrected chi connectivity index (χ2v) is 1.24. The molecule has 0 unspecified atom stereocenters. The van der Waals surface area contributed by atoms with E-state index in [4.69, 9.17) is 40.2 Å². The van der Waals surface area contributed by atoms with Crippen LogP contribution in [0.3, 0.4) is 0 Å². The van der Waals surface area contributed by atoms with Crippen molar-refractivity contribution in [3.05, 3.63) is 0 Å². The van der Waals surface area contributed by atoms with Crippen molar-refractivity contribution < 1.29 is 75.9 Å².